The van der Waals surface area contributed by atoms with Crippen molar-refractivity contribution in [2.24, 2.45) is 17.6 Å². The summed E-state index contributed by atoms with van der Waals surface area (Å²) >= 11 is 0. The Kier molecular flexibility index (Phi) is 8.27. The van der Waals surface area contributed by atoms with E-state index in [0.29, 0.717) is 5.91 Å². The highest BCUT2D eigenvalue weighted by atomic mass is 16.2. The molecule has 0 bridgehead atoms. The second kappa shape index (κ2) is 9.42. The molecule has 4 nitrogen and oxygen atoms in total. The topological polar surface area (TPSA) is 49.6 Å². The Morgan fingerprint density at radius 3 is 2.14 bits per heavy atom. The number of amides is 1. The number of hydrogen-bond donors (Lipinski definition) is 1. The normalized spacial score (nSPS) is 19.8. The molecule has 0 saturated carbocycles. The van der Waals surface area contributed by atoms with E-state index in [1.807, 2.05) is 6.92 Å². The number of carbonyl (C=O) groups is 1. The molecule has 1 saturated heterocycles. The smallest absolute Gasteiger partial charge is 0.225 e. The number of carbonyl (C=O) groups excluding carboxylic acids is 1. The number of nitrogens with zero attached hydrogens (tertiary/aromatic N) is 2. The molecule has 0 aliphatic carbocycles. The first kappa shape index (κ1) is 18.4. The maximum absolute atomic E-state index is 12.4. The van der Waals surface area contributed by atoms with E-state index in [1.165, 1.54) is 13.0 Å². The lowest BCUT2D eigenvalue weighted by Gasteiger charge is -2.36. The lowest BCUT2D eigenvalue weighted by Crippen LogP contribution is -2.50. The third-order valence-electron chi connectivity index (χ3n) is 4.42. The SMILES string of the molecule is CC(C)CCN1CCN(C(=O)C(C)CCCC(C)N)CC1. The Hall–Kier alpha value is -0.610. The third kappa shape index (κ3) is 7.28. The van der Waals surface area contributed by atoms with Gasteiger partial charge in [-0.2, -0.15) is 0 Å². The van der Waals surface area contributed by atoms with E-state index >= 15 is 0 Å². The molecule has 2 N–H and O–H groups in total. The molecule has 2 unspecified atom stereocenters. The van der Waals surface area contributed by atoms with E-state index in [0.717, 1.165) is 51.4 Å². The molecule has 0 aromatic heterocycles. The van der Waals surface area contributed by atoms with E-state index in [9.17, 15) is 4.79 Å². The first-order valence-corrected chi connectivity index (χ1v) is 8.67. The zero-order valence-electron chi connectivity index (χ0n) is 14.5. The van der Waals surface area contributed by atoms with Crippen LogP contribution in [0.3, 0.4) is 0 Å². The predicted octanol–water partition coefficient (Wildman–Crippen LogP) is 2.33. The molecule has 1 fully saturated rings. The molecule has 124 valence electrons. The van der Waals surface area contributed by atoms with Crippen LogP contribution in [0.2, 0.25) is 0 Å². The summed E-state index contributed by atoms with van der Waals surface area (Å²) in [5.74, 6) is 1.24. The van der Waals surface area contributed by atoms with Crippen molar-refractivity contribution in [3.8, 4) is 0 Å². The summed E-state index contributed by atoms with van der Waals surface area (Å²) in [5, 5.41) is 0. The van der Waals surface area contributed by atoms with Crippen molar-refractivity contribution in [2.75, 3.05) is 32.7 Å². The fourth-order valence-corrected chi connectivity index (χ4v) is 2.81. The highest BCUT2D eigenvalue weighted by Crippen LogP contribution is 2.14. The lowest BCUT2D eigenvalue weighted by atomic mass is 10.0. The van der Waals surface area contributed by atoms with Crippen molar-refractivity contribution in [1.82, 2.24) is 9.80 Å². The fourth-order valence-electron chi connectivity index (χ4n) is 2.81. The maximum atomic E-state index is 12.4. The van der Waals surface area contributed by atoms with Crippen molar-refractivity contribution in [2.45, 2.75) is 59.4 Å². The molecule has 1 aliphatic heterocycles. The van der Waals surface area contributed by atoms with Crippen molar-refractivity contribution in [3.63, 3.8) is 0 Å². The highest BCUT2D eigenvalue weighted by molar-refractivity contribution is 5.78. The van der Waals surface area contributed by atoms with E-state index in [-0.39, 0.29) is 12.0 Å². The summed E-state index contributed by atoms with van der Waals surface area (Å²) < 4.78 is 0. The van der Waals surface area contributed by atoms with Gasteiger partial charge in [-0.05, 0) is 38.6 Å². The molecule has 1 aliphatic rings. The van der Waals surface area contributed by atoms with Crippen LogP contribution in [0, 0.1) is 11.8 Å². The monoisotopic (exact) mass is 297 g/mol. The molecule has 1 heterocycles. The molecule has 0 aromatic carbocycles. The van der Waals surface area contributed by atoms with Gasteiger partial charge in [-0.25, -0.2) is 0 Å². The molecule has 0 radical (unpaired) electrons. The van der Waals surface area contributed by atoms with Gasteiger partial charge in [0.25, 0.3) is 0 Å². The Morgan fingerprint density at radius 1 is 1.00 bits per heavy atom. The number of nitrogens with two attached hydrogens (primary N) is 1. The fraction of sp³-hybridized carbons (Fsp3) is 0.941. The Bertz CT molecular complexity index is 296. The van der Waals surface area contributed by atoms with Gasteiger partial charge in [0.15, 0.2) is 0 Å². The average Bonchev–Trinajstić information content (AvgIpc) is 2.44. The van der Waals surface area contributed by atoms with Crippen LogP contribution in [0.4, 0.5) is 0 Å². The van der Waals surface area contributed by atoms with E-state index in [2.05, 4.69) is 30.6 Å². The zero-order valence-corrected chi connectivity index (χ0v) is 14.5. The molecule has 0 aromatic rings. The molecule has 21 heavy (non-hydrogen) atoms. The third-order valence-corrected chi connectivity index (χ3v) is 4.42. The zero-order chi connectivity index (χ0) is 15.8. The van der Waals surface area contributed by atoms with Crippen LogP contribution in [0.1, 0.15) is 53.4 Å². The minimum absolute atomic E-state index is 0.144. The van der Waals surface area contributed by atoms with Gasteiger partial charge in [-0.1, -0.05) is 27.2 Å². The second-order valence-electron chi connectivity index (χ2n) is 7.16. The van der Waals surface area contributed by atoms with Crippen molar-refractivity contribution in [1.29, 1.82) is 0 Å². The molecule has 1 amide bonds. The Balaban J connectivity index is 2.24. The van der Waals surface area contributed by atoms with Crippen LogP contribution in [0.25, 0.3) is 0 Å². The van der Waals surface area contributed by atoms with Gasteiger partial charge in [0.2, 0.25) is 5.91 Å². The van der Waals surface area contributed by atoms with Gasteiger partial charge in [0.1, 0.15) is 0 Å². The van der Waals surface area contributed by atoms with E-state index < -0.39 is 0 Å². The number of rotatable bonds is 8. The maximum Gasteiger partial charge on any atom is 0.225 e. The molecular formula is C17H35N3O. The average molecular weight is 297 g/mol. The Labute approximate surface area is 131 Å². The summed E-state index contributed by atoms with van der Waals surface area (Å²) in [6.45, 7) is 13.7. The van der Waals surface area contributed by atoms with Crippen molar-refractivity contribution >= 4 is 5.91 Å². The van der Waals surface area contributed by atoms with Crippen molar-refractivity contribution in [3.05, 3.63) is 0 Å². The summed E-state index contributed by atoms with van der Waals surface area (Å²) in [4.78, 5) is 17.0. The first-order valence-electron chi connectivity index (χ1n) is 8.67. The quantitative estimate of drug-likeness (QED) is 0.748. The van der Waals surface area contributed by atoms with Gasteiger partial charge < -0.3 is 10.6 Å². The first-order chi connectivity index (χ1) is 9.90. The minimum atomic E-state index is 0.144. The Morgan fingerprint density at radius 2 is 1.62 bits per heavy atom. The molecule has 4 heteroatoms. The van der Waals surface area contributed by atoms with Crippen molar-refractivity contribution < 1.29 is 4.79 Å². The minimum Gasteiger partial charge on any atom is -0.340 e. The van der Waals surface area contributed by atoms with Gasteiger partial charge in [-0.3, -0.25) is 9.69 Å². The molecule has 0 spiro atoms. The van der Waals surface area contributed by atoms with Crippen LogP contribution < -0.4 is 5.73 Å². The molecule has 1 rings (SSSR count). The lowest BCUT2D eigenvalue weighted by molar-refractivity contribution is -0.137. The van der Waals surface area contributed by atoms with E-state index in [1.54, 1.807) is 0 Å². The van der Waals surface area contributed by atoms with Gasteiger partial charge >= 0.3 is 0 Å². The van der Waals surface area contributed by atoms with Gasteiger partial charge in [0.05, 0.1) is 0 Å². The summed E-state index contributed by atoms with van der Waals surface area (Å²) in [6, 6.07) is 0.247. The largest absolute Gasteiger partial charge is 0.340 e. The van der Waals surface area contributed by atoms with Crippen LogP contribution in [-0.4, -0.2) is 54.5 Å². The predicted molar refractivity (Wildman–Crippen MR) is 89.1 cm³/mol. The van der Waals surface area contributed by atoms with Crippen LogP contribution in [0.15, 0.2) is 0 Å². The standard InChI is InChI=1S/C17H35N3O/c1-14(2)8-9-19-10-12-20(13-11-19)17(21)15(3)6-5-7-16(4)18/h14-16H,5-13,18H2,1-4H3. The number of piperazine rings is 1. The molecular weight excluding hydrogens is 262 g/mol. The van der Waals surface area contributed by atoms with Crippen LogP contribution in [0.5, 0.6) is 0 Å². The summed E-state index contributed by atoms with van der Waals surface area (Å²) in [6.07, 6.45) is 4.29. The highest BCUT2D eigenvalue weighted by Gasteiger charge is 2.24. The number of hydrogen-bond acceptors (Lipinski definition) is 3. The van der Waals surface area contributed by atoms with Gasteiger partial charge in [0, 0.05) is 38.1 Å². The second-order valence-corrected chi connectivity index (χ2v) is 7.16. The molecule has 2 atom stereocenters. The van der Waals surface area contributed by atoms with Crippen LogP contribution >= 0.6 is 0 Å². The van der Waals surface area contributed by atoms with Gasteiger partial charge in [-0.15, -0.1) is 0 Å². The van der Waals surface area contributed by atoms with E-state index in [4.69, 9.17) is 5.73 Å². The summed E-state index contributed by atoms with van der Waals surface area (Å²) in [5.41, 5.74) is 5.76. The summed E-state index contributed by atoms with van der Waals surface area (Å²) in [7, 11) is 0. The van der Waals surface area contributed by atoms with Crippen LogP contribution in [-0.2, 0) is 4.79 Å².